The molecule has 1 heterocycles. The summed E-state index contributed by atoms with van der Waals surface area (Å²) >= 11 is 6.31. The van der Waals surface area contributed by atoms with E-state index in [2.05, 4.69) is 17.3 Å². The molecular formula is C13H24ClN3O2. The van der Waals surface area contributed by atoms with Crippen LogP contribution in [0.2, 0.25) is 5.02 Å². The highest BCUT2D eigenvalue weighted by molar-refractivity contribution is 6.31. The molecule has 5 nitrogen and oxygen atoms in total. The highest BCUT2D eigenvalue weighted by Gasteiger charge is 2.17. The van der Waals surface area contributed by atoms with Gasteiger partial charge in [0.1, 0.15) is 0 Å². The molecule has 19 heavy (non-hydrogen) atoms. The highest BCUT2D eigenvalue weighted by atomic mass is 35.5. The second kappa shape index (κ2) is 8.53. The number of methoxy groups -OCH3 is 1. The Kier molecular flexibility index (Phi) is 7.38. The summed E-state index contributed by atoms with van der Waals surface area (Å²) in [6, 6.07) is 0.218. The van der Waals surface area contributed by atoms with Gasteiger partial charge in [-0.2, -0.15) is 5.10 Å². The van der Waals surface area contributed by atoms with Gasteiger partial charge in [0.2, 0.25) is 0 Å². The van der Waals surface area contributed by atoms with Gasteiger partial charge in [-0.3, -0.25) is 4.68 Å². The van der Waals surface area contributed by atoms with Gasteiger partial charge >= 0.3 is 0 Å². The predicted molar refractivity (Wildman–Crippen MR) is 76.9 cm³/mol. The number of rotatable bonds is 9. The largest absolute Gasteiger partial charge is 0.382 e. The Morgan fingerprint density at radius 2 is 2.16 bits per heavy atom. The Bertz CT molecular complexity index is 382. The monoisotopic (exact) mass is 289 g/mol. The summed E-state index contributed by atoms with van der Waals surface area (Å²) in [7, 11) is 3.60. The van der Waals surface area contributed by atoms with Gasteiger partial charge in [0.15, 0.2) is 0 Å². The number of nitrogens with zero attached hydrogens (tertiary/aromatic N) is 2. The van der Waals surface area contributed by atoms with Crippen molar-refractivity contribution < 1.29 is 9.47 Å². The zero-order valence-corrected chi connectivity index (χ0v) is 13.0. The van der Waals surface area contributed by atoms with E-state index >= 15 is 0 Å². The van der Waals surface area contributed by atoms with Gasteiger partial charge in [-0.1, -0.05) is 11.6 Å². The number of hydrogen-bond donors (Lipinski definition) is 1. The molecule has 1 N–H and O–H groups in total. The Morgan fingerprint density at radius 3 is 2.74 bits per heavy atom. The minimum atomic E-state index is 0.218. The molecule has 0 aliphatic rings. The average molecular weight is 290 g/mol. The molecule has 0 aliphatic heterocycles. The van der Waals surface area contributed by atoms with Crippen molar-refractivity contribution in [2.24, 2.45) is 0 Å². The summed E-state index contributed by atoms with van der Waals surface area (Å²) in [4.78, 5) is 0. The Morgan fingerprint density at radius 1 is 1.42 bits per heavy atom. The fraction of sp³-hybridized carbons (Fsp3) is 0.769. The van der Waals surface area contributed by atoms with Crippen LogP contribution in [0.1, 0.15) is 18.3 Å². The van der Waals surface area contributed by atoms with Crippen LogP contribution in [0.5, 0.6) is 0 Å². The van der Waals surface area contributed by atoms with Crippen LogP contribution in [0.4, 0.5) is 0 Å². The topological polar surface area (TPSA) is 48.3 Å². The minimum Gasteiger partial charge on any atom is -0.382 e. The predicted octanol–water partition coefficient (Wildman–Crippen LogP) is 1.66. The van der Waals surface area contributed by atoms with E-state index in [9.17, 15) is 0 Å². The third kappa shape index (κ3) is 4.76. The van der Waals surface area contributed by atoms with Gasteiger partial charge in [0.05, 0.1) is 36.2 Å². The van der Waals surface area contributed by atoms with Gasteiger partial charge < -0.3 is 14.8 Å². The van der Waals surface area contributed by atoms with Gasteiger partial charge in [-0.05, 0) is 20.9 Å². The highest BCUT2D eigenvalue weighted by Crippen LogP contribution is 2.21. The number of halogens is 1. The third-order valence-electron chi connectivity index (χ3n) is 3.05. The lowest BCUT2D eigenvalue weighted by molar-refractivity contribution is 0.0595. The fourth-order valence-electron chi connectivity index (χ4n) is 1.91. The van der Waals surface area contributed by atoms with Crippen molar-refractivity contribution in [3.63, 3.8) is 0 Å². The van der Waals surface area contributed by atoms with E-state index in [0.29, 0.717) is 19.8 Å². The van der Waals surface area contributed by atoms with Crippen LogP contribution in [0, 0.1) is 6.92 Å². The molecule has 1 unspecified atom stereocenters. The third-order valence-corrected chi connectivity index (χ3v) is 3.54. The van der Waals surface area contributed by atoms with E-state index in [1.165, 1.54) is 0 Å². The van der Waals surface area contributed by atoms with E-state index in [0.717, 1.165) is 29.4 Å². The Balaban J connectivity index is 2.59. The Labute approximate surface area is 120 Å². The second-order valence-electron chi connectivity index (χ2n) is 4.42. The van der Waals surface area contributed by atoms with Crippen LogP contribution < -0.4 is 5.32 Å². The molecular weight excluding hydrogens is 266 g/mol. The van der Waals surface area contributed by atoms with Crippen LogP contribution >= 0.6 is 11.6 Å². The SMILES string of the molecule is CCn1nc(C)c(Cl)c1CC(COCCOC)NC. The van der Waals surface area contributed by atoms with Gasteiger partial charge in [-0.15, -0.1) is 0 Å². The first kappa shape index (κ1) is 16.4. The Hall–Kier alpha value is -0.620. The van der Waals surface area contributed by atoms with Crippen LogP contribution in [0.3, 0.4) is 0 Å². The van der Waals surface area contributed by atoms with Crippen molar-refractivity contribution in [2.75, 3.05) is 34.0 Å². The number of aromatic nitrogens is 2. The van der Waals surface area contributed by atoms with Crippen molar-refractivity contribution in [3.8, 4) is 0 Å². The maximum atomic E-state index is 6.31. The van der Waals surface area contributed by atoms with E-state index < -0.39 is 0 Å². The molecule has 0 fully saturated rings. The van der Waals surface area contributed by atoms with Crippen LogP contribution in [0.25, 0.3) is 0 Å². The van der Waals surface area contributed by atoms with E-state index in [-0.39, 0.29) is 6.04 Å². The zero-order valence-electron chi connectivity index (χ0n) is 12.2. The molecule has 0 saturated heterocycles. The lowest BCUT2D eigenvalue weighted by Gasteiger charge is -2.17. The molecule has 1 rings (SSSR count). The van der Waals surface area contributed by atoms with Crippen LogP contribution in [-0.4, -0.2) is 49.8 Å². The minimum absolute atomic E-state index is 0.218. The first-order valence-corrected chi connectivity index (χ1v) is 6.97. The van der Waals surface area contributed by atoms with Crippen LogP contribution in [0.15, 0.2) is 0 Å². The molecule has 0 bridgehead atoms. The first-order chi connectivity index (χ1) is 9.13. The molecule has 1 aromatic heterocycles. The van der Waals surface area contributed by atoms with Crippen molar-refractivity contribution in [3.05, 3.63) is 16.4 Å². The molecule has 0 amide bonds. The molecule has 0 saturated carbocycles. The molecule has 0 radical (unpaired) electrons. The normalized spacial score (nSPS) is 12.9. The molecule has 6 heteroatoms. The van der Waals surface area contributed by atoms with Gasteiger partial charge in [-0.25, -0.2) is 0 Å². The maximum Gasteiger partial charge on any atom is 0.0847 e. The standard InChI is InChI=1S/C13H24ClN3O2/c1-5-17-12(13(14)10(2)16-17)8-11(15-3)9-19-7-6-18-4/h11,15H,5-9H2,1-4H3. The quantitative estimate of drug-likeness (QED) is 0.703. The molecule has 0 aromatic carbocycles. The van der Waals surface area contributed by atoms with Crippen molar-refractivity contribution in [1.29, 1.82) is 0 Å². The maximum absolute atomic E-state index is 6.31. The fourth-order valence-corrected chi connectivity index (χ4v) is 2.12. The number of nitrogens with one attached hydrogen (secondary N) is 1. The van der Waals surface area contributed by atoms with Gasteiger partial charge in [0.25, 0.3) is 0 Å². The second-order valence-corrected chi connectivity index (χ2v) is 4.80. The van der Waals surface area contributed by atoms with Gasteiger partial charge in [0, 0.05) is 26.1 Å². The van der Waals surface area contributed by atoms with E-state index in [1.807, 2.05) is 18.7 Å². The number of hydrogen-bond acceptors (Lipinski definition) is 4. The molecule has 0 aliphatic carbocycles. The van der Waals surface area contributed by atoms with Crippen molar-refractivity contribution in [2.45, 2.75) is 32.9 Å². The zero-order chi connectivity index (χ0) is 14.3. The molecule has 1 aromatic rings. The van der Waals surface area contributed by atoms with E-state index in [1.54, 1.807) is 7.11 Å². The van der Waals surface area contributed by atoms with Crippen molar-refractivity contribution >= 4 is 11.6 Å². The molecule has 0 spiro atoms. The number of likely N-dealkylation sites (N-methyl/N-ethyl adjacent to an activating group) is 1. The lowest BCUT2D eigenvalue weighted by Crippen LogP contribution is -2.33. The average Bonchev–Trinajstić information content (AvgIpc) is 2.69. The number of aryl methyl sites for hydroxylation is 2. The summed E-state index contributed by atoms with van der Waals surface area (Å²) < 4.78 is 12.5. The molecule has 110 valence electrons. The van der Waals surface area contributed by atoms with Crippen molar-refractivity contribution in [1.82, 2.24) is 15.1 Å². The summed E-state index contributed by atoms with van der Waals surface area (Å²) in [6.07, 6.45) is 0.803. The summed E-state index contributed by atoms with van der Waals surface area (Å²) in [5.41, 5.74) is 1.95. The summed E-state index contributed by atoms with van der Waals surface area (Å²) in [5.74, 6) is 0. The smallest absolute Gasteiger partial charge is 0.0847 e. The molecule has 1 atom stereocenters. The summed E-state index contributed by atoms with van der Waals surface area (Å²) in [6.45, 7) is 6.67. The first-order valence-electron chi connectivity index (χ1n) is 6.59. The summed E-state index contributed by atoms with van der Waals surface area (Å²) in [5, 5.41) is 8.43. The number of ether oxygens (including phenoxy) is 2. The van der Waals surface area contributed by atoms with Crippen LogP contribution in [-0.2, 0) is 22.4 Å². The van der Waals surface area contributed by atoms with E-state index in [4.69, 9.17) is 21.1 Å². The lowest BCUT2D eigenvalue weighted by atomic mass is 10.1.